The molecule has 2 N–H and O–H groups in total. The largest absolute Gasteiger partial charge is 0.398 e. The maximum atomic E-state index is 12.9. The van der Waals surface area contributed by atoms with Gasteiger partial charge in [-0.15, -0.1) is 0 Å². The third-order valence-electron chi connectivity index (χ3n) is 1.86. The highest BCUT2D eigenvalue weighted by atomic mass is 19.1. The molecule has 2 rings (SSSR count). The van der Waals surface area contributed by atoms with Gasteiger partial charge in [-0.25, -0.2) is 9.37 Å². The maximum absolute atomic E-state index is 12.9. The minimum atomic E-state index is -0.346. The van der Waals surface area contributed by atoms with E-state index in [1.807, 2.05) is 0 Å². The first-order chi connectivity index (χ1) is 6.66. The number of rotatable bonds is 1. The number of anilines is 1. The van der Waals surface area contributed by atoms with Crippen molar-refractivity contribution in [3.05, 3.63) is 30.3 Å². The molecule has 14 heavy (non-hydrogen) atoms. The van der Waals surface area contributed by atoms with E-state index < -0.39 is 0 Å². The summed E-state index contributed by atoms with van der Waals surface area (Å²) in [6.45, 7) is 0. The van der Waals surface area contributed by atoms with Gasteiger partial charge in [0, 0.05) is 18.3 Å². The summed E-state index contributed by atoms with van der Waals surface area (Å²) in [6, 6.07) is 4.13. The van der Waals surface area contributed by atoms with E-state index >= 15 is 0 Å². The van der Waals surface area contributed by atoms with Crippen LogP contribution in [0.1, 0.15) is 0 Å². The number of nitrogens with zero attached hydrogens (tertiary/aromatic N) is 3. The van der Waals surface area contributed by atoms with Crippen molar-refractivity contribution in [2.45, 2.75) is 0 Å². The Hall–Kier alpha value is -1.91. The number of aryl methyl sites for hydroxylation is 1. The van der Waals surface area contributed by atoms with E-state index in [9.17, 15) is 4.39 Å². The van der Waals surface area contributed by atoms with Gasteiger partial charge in [0.2, 0.25) is 0 Å². The number of hydrogen-bond donors (Lipinski definition) is 1. The second-order valence-corrected chi connectivity index (χ2v) is 2.97. The summed E-state index contributed by atoms with van der Waals surface area (Å²) in [5, 5.41) is 4.04. The minimum Gasteiger partial charge on any atom is -0.398 e. The van der Waals surface area contributed by atoms with Crippen molar-refractivity contribution < 1.29 is 4.39 Å². The van der Waals surface area contributed by atoms with Crippen LogP contribution in [0.4, 0.5) is 10.1 Å². The van der Waals surface area contributed by atoms with Crippen LogP contribution in [-0.4, -0.2) is 14.8 Å². The van der Waals surface area contributed by atoms with Crippen LogP contribution in [0.5, 0.6) is 0 Å². The average Bonchev–Trinajstić information content (AvgIpc) is 2.56. The lowest BCUT2D eigenvalue weighted by atomic mass is 10.1. The highest BCUT2D eigenvalue weighted by Crippen LogP contribution is 2.22. The third-order valence-corrected chi connectivity index (χ3v) is 1.86. The van der Waals surface area contributed by atoms with E-state index in [1.165, 1.54) is 18.2 Å². The monoisotopic (exact) mass is 192 g/mol. The zero-order valence-electron chi connectivity index (χ0n) is 7.61. The SMILES string of the molecule is Cn1cnc(-c2cc(F)ccc2N)n1. The van der Waals surface area contributed by atoms with Crippen molar-refractivity contribution in [2.75, 3.05) is 5.73 Å². The van der Waals surface area contributed by atoms with E-state index in [0.29, 0.717) is 17.1 Å². The average molecular weight is 192 g/mol. The molecule has 72 valence electrons. The molecule has 1 aromatic heterocycles. The number of nitrogen functional groups attached to an aromatic ring is 1. The van der Waals surface area contributed by atoms with Crippen molar-refractivity contribution in [1.29, 1.82) is 0 Å². The van der Waals surface area contributed by atoms with E-state index in [-0.39, 0.29) is 5.82 Å². The first kappa shape index (κ1) is 8.68. The van der Waals surface area contributed by atoms with Gasteiger partial charge in [0.1, 0.15) is 12.1 Å². The van der Waals surface area contributed by atoms with Gasteiger partial charge in [-0.1, -0.05) is 0 Å². The fourth-order valence-electron chi connectivity index (χ4n) is 1.18. The van der Waals surface area contributed by atoms with E-state index in [0.717, 1.165) is 0 Å². The summed E-state index contributed by atoms with van der Waals surface area (Å²) in [5.41, 5.74) is 6.66. The Morgan fingerprint density at radius 1 is 1.43 bits per heavy atom. The molecule has 0 bridgehead atoms. The summed E-state index contributed by atoms with van der Waals surface area (Å²) in [6.07, 6.45) is 1.54. The lowest BCUT2D eigenvalue weighted by Crippen LogP contribution is -1.93. The van der Waals surface area contributed by atoms with Crippen LogP contribution in [0.3, 0.4) is 0 Å². The molecular weight excluding hydrogens is 183 g/mol. The quantitative estimate of drug-likeness (QED) is 0.691. The number of benzene rings is 1. The van der Waals surface area contributed by atoms with Crippen molar-refractivity contribution in [1.82, 2.24) is 14.8 Å². The molecule has 0 atom stereocenters. The summed E-state index contributed by atoms with van der Waals surface area (Å²) in [7, 11) is 1.74. The van der Waals surface area contributed by atoms with Gasteiger partial charge in [0.15, 0.2) is 5.82 Å². The van der Waals surface area contributed by atoms with Crippen LogP contribution in [-0.2, 0) is 7.05 Å². The van der Waals surface area contributed by atoms with Gasteiger partial charge < -0.3 is 5.73 Å². The van der Waals surface area contributed by atoms with Gasteiger partial charge in [-0.3, -0.25) is 4.68 Å². The summed E-state index contributed by atoms with van der Waals surface area (Å²) >= 11 is 0. The molecule has 0 spiro atoms. The topological polar surface area (TPSA) is 56.7 Å². The molecule has 4 nitrogen and oxygen atoms in total. The van der Waals surface area contributed by atoms with Crippen molar-refractivity contribution >= 4 is 5.69 Å². The highest BCUT2D eigenvalue weighted by Gasteiger charge is 2.07. The molecule has 1 heterocycles. The Labute approximate surface area is 80.2 Å². The smallest absolute Gasteiger partial charge is 0.183 e. The van der Waals surface area contributed by atoms with Gasteiger partial charge >= 0.3 is 0 Å². The second kappa shape index (κ2) is 3.10. The molecule has 2 aromatic rings. The van der Waals surface area contributed by atoms with Gasteiger partial charge in [-0.2, -0.15) is 5.10 Å². The summed E-state index contributed by atoms with van der Waals surface area (Å²) in [4.78, 5) is 3.99. The molecule has 0 unspecified atom stereocenters. The van der Waals surface area contributed by atoms with Crippen LogP contribution >= 0.6 is 0 Å². The van der Waals surface area contributed by atoms with Crippen LogP contribution in [0.25, 0.3) is 11.4 Å². The first-order valence-corrected chi connectivity index (χ1v) is 4.08. The zero-order chi connectivity index (χ0) is 10.1. The Bertz CT molecular complexity index is 464. The fraction of sp³-hybridized carbons (Fsp3) is 0.111. The zero-order valence-corrected chi connectivity index (χ0v) is 7.61. The molecule has 0 aliphatic rings. The van der Waals surface area contributed by atoms with Crippen LogP contribution in [0, 0.1) is 5.82 Å². The van der Waals surface area contributed by atoms with Crippen LogP contribution in [0.15, 0.2) is 24.5 Å². The van der Waals surface area contributed by atoms with Crippen LogP contribution < -0.4 is 5.73 Å². The predicted octanol–water partition coefficient (Wildman–Crippen LogP) is 1.20. The molecule has 0 radical (unpaired) electrons. The van der Waals surface area contributed by atoms with Crippen LogP contribution in [0.2, 0.25) is 0 Å². The standard InChI is InChI=1S/C9H9FN4/c1-14-5-12-9(13-14)7-4-6(10)2-3-8(7)11/h2-5H,11H2,1H3. The number of nitrogens with two attached hydrogens (primary N) is 1. The molecule has 0 fully saturated rings. The minimum absolute atomic E-state index is 0.346. The molecule has 0 saturated carbocycles. The van der Waals surface area contributed by atoms with Crippen molar-refractivity contribution in [3.8, 4) is 11.4 Å². The molecule has 0 amide bonds. The Morgan fingerprint density at radius 3 is 2.86 bits per heavy atom. The maximum Gasteiger partial charge on any atom is 0.183 e. The van der Waals surface area contributed by atoms with E-state index in [4.69, 9.17) is 5.73 Å². The normalized spacial score (nSPS) is 10.4. The summed E-state index contributed by atoms with van der Waals surface area (Å²) < 4.78 is 14.5. The number of aromatic nitrogens is 3. The lowest BCUT2D eigenvalue weighted by molar-refractivity contribution is 0.628. The second-order valence-electron chi connectivity index (χ2n) is 2.97. The molecule has 0 saturated heterocycles. The lowest BCUT2D eigenvalue weighted by Gasteiger charge is -2.00. The molecule has 0 aliphatic heterocycles. The molecule has 0 aliphatic carbocycles. The Morgan fingerprint density at radius 2 is 2.21 bits per heavy atom. The van der Waals surface area contributed by atoms with E-state index in [2.05, 4.69) is 10.1 Å². The van der Waals surface area contributed by atoms with Gasteiger partial charge in [-0.05, 0) is 18.2 Å². The van der Waals surface area contributed by atoms with Crippen molar-refractivity contribution in [2.24, 2.45) is 7.05 Å². The predicted molar refractivity (Wildman–Crippen MR) is 50.8 cm³/mol. The van der Waals surface area contributed by atoms with Crippen molar-refractivity contribution in [3.63, 3.8) is 0 Å². The number of halogens is 1. The molecular formula is C9H9FN4. The Balaban J connectivity index is 2.55. The van der Waals surface area contributed by atoms with Gasteiger partial charge in [0.25, 0.3) is 0 Å². The third kappa shape index (κ3) is 1.44. The molecule has 5 heteroatoms. The first-order valence-electron chi connectivity index (χ1n) is 4.08. The van der Waals surface area contributed by atoms with E-state index in [1.54, 1.807) is 18.1 Å². The molecule has 1 aromatic carbocycles. The fourth-order valence-corrected chi connectivity index (χ4v) is 1.18. The summed E-state index contributed by atoms with van der Waals surface area (Å²) in [5.74, 6) is 0.0890. The highest BCUT2D eigenvalue weighted by molar-refractivity contribution is 5.70. The number of hydrogen-bond acceptors (Lipinski definition) is 3. The van der Waals surface area contributed by atoms with Gasteiger partial charge in [0.05, 0.1) is 0 Å². The Kier molecular flexibility index (Phi) is 1.92.